The van der Waals surface area contributed by atoms with E-state index < -0.39 is 0 Å². The first-order chi connectivity index (χ1) is 6.52. The first-order valence-corrected chi connectivity index (χ1v) is 6.19. The minimum atomic E-state index is 0.706. The van der Waals surface area contributed by atoms with Crippen LogP contribution in [0, 0.1) is 17.8 Å². The fraction of sp³-hybridized carbons (Fsp3) is 0.857. The van der Waals surface area contributed by atoms with Crippen molar-refractivity contribution in [3.05, 3.63) is 12.2 Å². The fourth-order valence-corrected chi connectivity index (χ4v) is 1.58. The largest absolute Gasteiger partial charge is 0.0880 e. The van der Waals surface area contributed by atoms with Crippen molar-refractivity contribution in [1.82, 2.24) is 0 Å². The molecule has 0 aromatic rings. The normalized spacial score (nSPS) is 14.5. The third kappa shape index (κ3) is 9.83. The first kappa shape index (κ1) is 13.7. The lowest BCUT2D eigenvalue weighted by atomic mass is 9.97. The number of rotatable bonds is 7. The van der Waals surface area contributed by atoms with Crippen LogP contribution in [0.3, 0.4) is 0 Å². The Bertz CT molecular complexity index is 142. The summed E-state index contributed by atoms with van der Waals surface area (Å²) in [6.07, 6.45) is 10.1. The Morgan fingerprint density at radius 3 is 2.07 bits per heavy atom. The minimum absolute atomic E-state index is 0.706. The SMILES string of the molecule is CC(C)/C=C/CC(C)CCCC(C)C. The van der Waals surface area contributed by atoms with Crippen molar-refractivity contribution in [2.45, 2.75) is 60.3 Å². The Kier molecular flexibility index (Phi) is 7.93. The third-order valence-corrected chi connectivity index (χ3v) is 2.54. The van der Waals surface area contributed by atoms with Crippen molar-refractivity contribution in [1.29, 1.82) is 0 Å². The van der Waals surface area contributed by atoms with E-state index in [0.717, 1.165) is 11.8 Å². The molecule has 0 rings (SSSR count). The van der Waals surface area contributed by atoms with Gasteiger partial charge in [0.2, 0.25) is 0 Å². The predicted octanol–water partition coefficient (Wildman–Crippen LogP) is 5.05. The van der Waals surface area contributed by atoms with Crippen LogP contribution in [-0.2, 0) is 0 Å². The molecule has 0 aliphatic heterocycles. The van der Waals surface area contributed by atoms with Gasteiger partial charge in [-0.3, -0.25) is 0 Å². The van der Waals surface area contributed by atoms with Gasteiger partial charge in [-0.25, -0.2) is 0 Å². The summed E-state index contributed by atoms with van der Waals surface area (Å²) in [6, 6.07) is 0. The zero-order valence-electron chi connectivity index (χ0n) is 10.7. The predicted molar refractivity (Wildman–Crippen MR) is 66.4 cm³/mol. The first-order valence-electron chi connectivity index (χ1n) is 6.19. The Balaban J connectivity index is 3.41. The highest BCUT2D eigenvalue weighted by Crippen LogP contribution is 2.15. The topological polar surface area (TPSA) is 0 Å². The molecule has 0 aromatic carbocycles. The van der Waals surface area contributed by atoms with Crippen LogP contribution in [-0.4, -0.2) is 0 Å². The summed E-state index contributed by atoms with van der Waals surface area (Å²) in [5.74, 6) is 2.44. The summed E-state index contributed by atoms with van der Waals surface area (Å²) in [5, 5.41) is 0. The second-order valence-electron chi connectivity index (χ2n) is 5.34. The minimum Gasteiger partial charge on any atom is -0.0880 e. The molecule has 0 saturated carbocycles. The molecule has 0 amide bonds. The Hall–Kier alpha value is -0.260. The van der Waals surface area contributed by atoms with Crippen LogP contribution in [0.5, 0.6) is 0 Å². The molecule has 0 aliphatic rings. The second-order valence-corrected chi connectivity index (χ2v) is 5.34. The zero-order chi connectivity index (χ0) is 11.0. The van der Waals surface area contributed by atoms with E-state index in [1.54, 1.807) is 0 Å². The van der Waals surface area contributed by atoms with Crippen LogP contribution in [0.2, 0.25) is 0 Å². The summed E-state index contributed by atoms with van der Waals surface area (Å²) >= 11 is 0. The summed E-state index contributed by atoms with van der Waals surface area (Å²) in [5.41, 5.74) is 0. The Morgan fingerprint density at radius 2 is 1.57 bits per heavy atom. The summed E-state index contributed by atoms with van der Waals surface area (Å²) in [7, 11) is 0. The number of hydrogen-bond donors (Lipinski definition) is 0. The van der Waals surface area contributed by atoms with Gasteiger partial charge in [0.1, 0.15) is 0 Å². The second kappa shape index (κ2) is 8.08. The molecule has 0 saturated heterocycles. The molecule has 14 heavy (non-hydrogen) atoms. The van der Waals surface area contributed by atoms with Crippen LogP contribution < -0.4 is 0 Å². The van der Waals surface area contributed by atoms with Crippen molar-refractivity contribution >= 4 is 0 Å². The lowest BCUT2D eigenvalue weighted by Gasteiger charge is -2.09. The Labute approximate surface area is 90.8 Å². The standard InChI is InChI=1S/C14H28/c1-12(2)8-6-10-14(5)11-7-9-13(3)4/h6,8,12-14H,7,9-11H2,1-5H3/b8-6+. The van der Waals surface area contributed by atoms with Crippen LogP contribution in [0.15, 0.2) is 12.2 Å². The van der Waals surface area contributed by atoms with Gasteiger partial charge in [0.05, 0.1) is 0 Å². The van der Waals surface area contributed by atoms with Gasteiger partial charge >= 0.3 is 0 Å². The van der Waals surface area contributed by atoms with Gasteiger partial charge in [-0.15, -0.1) is 0 Å². The maximum Gasteiger partial charge on any atom is -0.0290 e. The fourth-order valence-electron chi connectivity index (χ4n) is 1.58. The summed E-state index contributed by atoms with van der Waals surface area (Å²) in [6.45, 7) is 11.5. The number of hydrogen-bond acceptors (Lipinski definition) is 0. The van der Waals surface area contributed by atoms with E-state index in [1.165, 1.54) is 25.7 Å². The number of allylic oxidation sites excluding steroid dienone is 2. The smallest absolute Gasteiger partial charge is 0.0290 e. The van der Waals surface area contributed by atoms with Gasteiger partial charge in [-0.1, -0.05) is 66.0 Å². The van der Waals surface area contributed by atoms with Crippen molar-refractivity contribution < 1.29 is 0 Å². The highest BCUT2D eigenvalue weighted by molar-refractivity contribution is 4.85. The van der Waals surface area contributed by atoms with Crippen LogP contribution in [0.1, 0.15) is 60.3 Å². The molecule has 1 unspecified atom stereocenters. The van der Waals surface area contributed by atoms with Crippen molar-refractivity contribution in [3.8, 4) is 0 Å². The average molecular weight is 196 g/mol. The molecule has 0 nitrogen and oxygen atoms in total. The maximum absolute atomic E-state index is 2.37. The van der Waals surface area contributed by atoms with Gasteiger partial charge in [0.25, 0.3) is 0 Å². The monoisotopic (exact) mass is 196 g/mol. The molecule has 0 heterocycles. The van der Waals surface area contributed by atoms with Crippen molar-refractivity contribution in [3.63, 3.8) is 0 Å². The van der Waals surface area contributed by atoms with Gasteiger partial charge < -0.3 is 0 Å². The van der Waals surface area contributed by atoms with Crippen molar-refractivity contribution in [2.75, 3.05) is 0 Å². The molecule has 0 fully saturated rings. The van der Waals surface area contributed by atoms with E-state index in [9.17, 15) is 0 Å². The molecular formula is C14H28. The highest BCUT2D eigenvalue weighted by Gasteiger charge is 2.00. The molecule has 0 radical (unpaired) electrons. The molecule has 0 spiro atoms. The lowest BCUT2D eigenvalue weighted by molar-refractivity contribution is 0.460. The summed E-state index contributed by atoms with van der Waals surface area (Å²) in [4.78, 5) is 0. The van der Waals surface area contributed by atoms with Crippen LogP contribution in [0.25, 0.3) is 0 Å². The van der Waals surface area contributed by atoms with E-state index in [0.29, 0.717) is 5.92 Å². The maximum atomic E-state index is 2.37. The van der Waals surface area contributed by atoms with Crippen molar-refractivity contribution in [2.24, 2.45) is 17.8 Å². The van der Waals surface area contributed by atoms with E-state index in [1.807, 2.05) is 0 Å². The summed E-state index contributed by atoms with van der Waals surface area (Å²) < 4.78 is 0. The van der Waals surface area contributed by atoms with E-state index in [4.69, 9.17) is 0 Å². The molecule has 1 atom stereocenters. The van der Waals surface area contributed by atoms with Gasteiger partial charge in [-0.2, -0.15) is 0 Å². The highest BCUT2D eigenvalue weighted by atomic mass is 14.1. The van der Waals surface area contributed by atoms with E-state index in [2.05, 4.69) is 46.8 Å². The molecule has 84 valence electrons. The third-order valence-electron chi connectivity index (χ3n) is 2.54. The van der Waals surface area contributed by atoms with Gasteiger partial charge in [-0.05, 0) is 24.2 Å². The molecule has 0 aromatic heterocycles. The lowest BCUT2D eigenvalue weighted by Crippen LogP contribution is -1.95. The van der Waals surface area contributed by atoms with Crippen LogP contribution >= 0.6 is 0 Å². The van der Waals surface area contributed by atoms with Gasteiger partial charge in [0, 0.05) is 0 Å². The van der Waals surface area contributed by atoms with E-state index >= 15 is 0 Å². The van der Waals surface area contributed by atoms with E-state index in [-0.39, 0.29) is 0 Å². The average Bonchev–Trinajstić information content (AvgIpc) is 2.02. The van der Waals surface area contributed by atoms with Crippen LogP contribution in [0.4, 0.5) is 0 Å². The molecule has 0 heteroatoms. The molecule has 0 bridgehead atoms. The molecule has 0 N–H and O–H groups in total. The molecular weight excluding hydrogens is 168 g/mol. The Morgan fingerprint density at radius 1 is 0.929 bits per heavy atom. The molecule has 0 aliphatic carbocycles. The quantitative estimate of drug-likeness (QED) is 0.500. The van der Waals surface area contributed by atoms with Gasteiger partial charge in [0.15, 0.2) is 0 Å². The zero-order valence-corrected chi connectivity index (χ0v) is 10.7.